The van der Waals surface area contributed by atoms with Crippen LogP contribution in [0.4, 0.5) is 5.69 Å². The van der Waals surface area contributed by atoms with Gasteiger partial charge >= 0.3 is 0 Å². The quantitative estimate of drug-likeness (QED) is 0.855. The Kier molecular flexibility index (Phi) is 5.33. The standard InChI is InChI=1S/C16H21N3OS/c1-4-18-13-7-8-17-10-12(13)16(20)19-15(11(2)3)14-6-5-9-21-14/h5-11,15H,4H2,1-3H3,(H,17,18)(H,19,20). The minimum absolute atomic E-state index is 0.0205. The van der Waals surface area contributed by atoms with E-state index < -0.39 is 0 Å². The van der Waals surface area contributed by atoms with Crippen molar-refractivity contribution in [1.82, 2.24) is 10.3 Å². The van der Waals surface area contributed by atoms with E-state index in [1.807, 2.05) is 24.4 Å². The Labute approximate surface area is 129 Å². The van der Waals surface area contributed by atoms with Crippen LogP contribution in [-0.4, -0.2) is 17.4 Å². The van der Waals surface area contributed by atoms with Crippen LogP contribution < -0.4 is 10.6 Å². The Balaban J connectivity index is 2.20. The van der Waals surface area contributed by atoms with E-state index >= 15 is 0 Å². The predicted octanol–water partition coefficient (Wildman–Crippen LogP) is 3.70. The van der Waals surface area contributed by atoms with Crippen LogP contribution in [0.3, 0.4) is 0 Å². The van der Waals surface area contributed by atoms with Crippen molar-refractivity contribution in [2.75, 3.05) is 11.9 Å². The Morgan fingerprint density at radius 1 is 1.38 bits per heavy atom. The van der Waals surface area contributed by atoms with Gasteiger partial charge < -0.3 is 10.6 Å². The van der Waals surface area contributed by atoms with Gasteiger partial charge in [0, 0.05) is 23.8 Å². The molecular formula is C16H21N3OS. The molecule has 2 rings (SSSR count). The van der Waals surface area contributed by atoms with Gasteiger partial charge in [-0.2, -0.15) is 0 Å². The summed E-state index contributed by atoms with van der Waals surface area (Å²) in [5.74, 6) is 0.234. The number of aromatic nitrogens is 1. The molecule has 1 atom stereocenters. The van der Waals surface area contributed by atoms with Crippen molar-refractivity contribution in [2.45, 2.75) is 26.8 Å². The number of hydrogen-bond donors (Lipinski definition) is 2. The number of hydrogen-bond acceptors (Lipinski definition) is 4. The molecule has 2 aromatic heterocycles. The highest BCUT2D eigenvalue weighted by atomic mass is 32.1. The Bertz CT molecular complexity index is 581. The maximum Gasteiger partial charge on any atom is 0.255 e. The van der Waals surface area contributed by atoms with Gasteiger partial charge in [0.2, 0.25) is 0 Å². The molecule has 2 N–H and O–H groups in total. The zero-order valence-electron chi connectivity index (χ0n) is 12.6. The highest BCUT2D eigenvalue weighted by molar-refractivity contribution is 7.10. The first-order valence-corrected chi connectivity index (χ1v) is 8.03. The number of carbonyl (C=O) groups excluding carboxylic acids is 1. The molecule has 0 bridgehead atoms. The molecule has 0 saturated carbocycles. The maximum absolute atomic E-state index is 12.6. The molecule has 1 unspecified atom stereocenters. The second kappa shape index (κ2) is 7.22. The molecule has 0 radical (unpaired) electrons. The molecule has 4 nitrogen and oxygen atoms in total. The molecule has 0 aromatic carbocycles. The van der Waals surface area contributed by atoms with Crippen LogP contribution in [0.15, 0.2) is 36.0 Å². The van der Waals surface area contributed by atoms with Crippen LogP contribution in [-0.2, 0) is 0 Å². The van der Waals surface area contributed by atoms with Gasteiger partial charge in [-0.1, -0.05) is 19.9 Å². The van der Waals surface area contributed by atoms with Crippen molar-refractivity contribution in [3.05, 3.63) is 46.4 Å². The molecule has 0 saturated heterocycles. The van der Waals surface area contributed by atoms with Gasteiger partial charge in [0.05, 0.1) is 17.3 Å². The van der Waals surface area contributed by atoms with Gasteiger partial charge in [-0.15, -0.1) is 11.3 Å². The molecule has 1 amide bonds. The third-order valence-electron chi connectivity index (χ3n) is 3.24. The van der Waals surface area contributed by atoms with Crippen LogP contribution >= 0.6 is 11.3 Å². The number of nitrogens with one attached hydrogen (secondary N) is 2. The third-order valence-corrected chi connectivity index (χ3v) is 4.19. The van der Waals surface area contributed by atoms with E-state index in [1.54, 1.807) is 23.7 Å². The molecule has 112 valence electrons. The first-order valence-electron chi connectivity index (χ1n) is 7.15. The normalized spacial score (nSPS) is 12.2. The number of pyridine rings is 1. The first kappa shape index (κ1) is 15.5. The molecule has 0 aliphatic carbocycles. The van der Waals surface area contributed by atoms with E-state index in [4.69, 9.17) is 0 Å². The van der Waals surface area contributed by atoms with E-state index in [9.17, 15) is 4.79 Å². The number of rotatable bonds is 6. The molecule has 2 aromatic rings. The second-order valence-electron chi connectivity index (χ2n) is 5.16. The van der Waals surface area contributed by atoms with Gasteiger partial charge in [0.25, 0.3) is 5.91 Å². The summed E-state index contributed by atoms with van der Waals surface area (Å²) in [7, 11) is 0. The lowest BCUT2D eigenvalue weighted by molar-refractivity contribution is 0.0927. The second-order valence-corrected chi connectivity index (χ2v) is 6.14. The smallest absolute Gasteiger partial charge is 0.255 e. The first-order chi connectivity index (χ1) is 10.1. The zero-order chi connectivity index (χ0) is 15.2. The molecule has 0 aliphatic heterocycles. The molecule has 5 heteroatoms. The summed E-state index contributed by atoms with van der Waals surface area (Å²) >= 11 is 1.67. The monoisotopic (exact) mass is 303 g/mol. The van der Waals surface area contributed by atoms with Crippen LogP contribution in [0.1, 0.15) is 42.0 Å². The van der Waals surface area contributed by atoms with Crippen molar-refractivity contribution < 1.29 is 4.79 Å². The number of carbonyl (C=O) groups is 1. The van der Waals surface area contributed by atoms with Gasteiger partial charge in [-0.3, -0.25) is 9.78 Å². The van der Waals surface area contributed by atoms with E-state index in [2.05, 4.69) is 35.5 Å². The molecular weight excluding hydrogens is 282 g/mol. The molecule has 2 heterocycles. The van der Waals surface area contributed by atoms with Crippen molar-refractivity contribution in [1.29, 1.82) is 0 Å². The third kappa shape index (κ3) is 3.82. The summed E-state index contributed by atoms with van der Waals surface area (Å²) in [4.78, 5) is 17.8. The Morgan fingerprint density at radius 2 is 2.19 bits per heavy atom. The van der Waals surface area contributed by atoms with Crippen molar-refractivity contribution in [3.8, 4) is 0 Å². The zero-order valence-corrected chi connectivity index (χ0v) is 13.4. The van der Waals surface area contributed by atoms with Gasteiger partial charge in [-0.05, 0) is 30.4 Å². The summed E-state index contributed by atoms with van der Waals surface area (Å²) in [5.41, 5.74) is 1.40. The van der Waals surface area contributed by atoms with Crippen molar-refractivity contribution >= 4 is 22.9 Å². The van der Waals surface area contributed by atoms with E-state index in [-0.39, 0.29) is 11.9 Å². The fourth-order valence-corrected chi connectivity index (χ4v) is 3.12. The van der Waals surface area contributed by atoms with E-state index in [0.29, 0.717) is 11.5 Å². The van der Waals surface area contributed by atoms with E-state index in [1.165, 1.54) is 4.88 Å². The Morgan fingerprint density at radius 3 is 2.81 bits per heavy atom. The van der Waals surface area contributed by atoms with Crippen LogP contribution in [0.5, 0.6) is 0 Å². The lowest BCUT2D eigenvalue weighted by atomic mass is 10.0. The lowest BCUT2D eigenvalue weighted by Crippen LogP contribution is -2.31. The van der Waals surface area contributed by atoms with Crippen LogP contribution in [0.2, 0.25) is 0 Å². The highest BCUT2D eigenvalue weighted by Crippen LogP contribution is 2.26. The number of anilines is 1. The molecule has 0 spiro atoms. The maximum atomic E-state index is 12.6. The average molecular weight is 303 g/mol. The summed E-state index contributed by atoms with van der Waals surface area (Å²) in [5, 5.41) is 8.35. The topological polar surface area (TPSA) is 54.0 Å². The largest absolute Gasteiger partial charge is 0.385 e. The van der Waals surface area contributed by atoms with Crippen LogP contribution in [0, 0.1) is 5.92 Å². The SMILES string of the molecule is CCNc1ccncc1C(=O)NC(c1cccs1)C(C)C. The van der Waals surface area contributed by atoms with Crippen molar-refractivity contribution in [2.24, 2.45) is 5.92 Å². The summed E-state index contributed by atoms with van der Waals surface area (Å²) in [6.45, 7) is 6.99. The fraction of sp³-hybridized carbons (Fsp3) is 0.375. The van der Waals surface area contributed by atoms with Gasteiger partial charge in [0.1, 0.15) is 0 Å². The number of amides is 1. The fourth-order valence-electron chi connectivity index (χ4n) is 2.17. The van der Waals surface area contributed by atoms with Gasteiger partial charge in [-0.25, -0.2) is 0 Å². The number of nitrogens with zero attached hydrogens (tertiary/aromatic N) is 1. The minimum Gasteiger partial charge on any atom is -0.385 e. The molecule has 0 aliphatic rings. The Hall–Kier alpha value is -1.88. The average Bonchev–Trinajstić information content (AvgIpc) is 2.99. The van der Waals surface area contributed by atoms with Gasteiger partial charge in [0.15, 0.2) is 0 Å². The number of thiophene rings is 1. The lowest BCUT2D eigenvalue weighted by Gasteiger charge is -2.22. The highest BCUT2D eigenvalue weighted by Gasteiger charge is 2.21. The van der Waals surface area contributed by atoms with E-state index in [0.717, 1.165) is 12.2 Å². The van der Waals surface area contributed by atoms with Crippen LogP contribution in [0.25, 0.3) is 0 Å². The molecule has 0 fully saturated rings. The predicted molar refractivity (Wildman–Crippen MR) is 87.8 cm³/mol. The summed E-state index contributed by atoms with van der Waals surface area (Å²) in [6.07, 6.45) is 3.30. The molecule has 21 heavy (non-hydrogen) atoms. The van der Waals surface area contributed by atoms with Crippen molar-refractivity contribution in [3.63, 3.8) is 0 Å². The minimum atomic E-state index is -0.0915. The summed E-state index contributed by atoms with van der Waals surface area (Å²) in [6, 6.07) is 5.92. The summed E-state index contributed by atoms with van der Waals surface area (Å²) < 4.78 is 0.